The smallest absolute Gasteiger partial charge is 0.336 e. The van der Waals surface area contributed by atoms with Crippen LogP contribution in [0.2, 0.25) is 0 Å². The lowest BCUT2D eigenvalue weighted by atomic mass is 9.92. The lowest BCUT2D eigenvalue weighted by Crippen LogP contribution is -2.34. The van der Waals surface area contributed by atoms with Crippen LogP contribution in [-0.2, 0) is 20.9 Å². The number of esters is 1. The fraction of sp³-hybridized carbons (Fsp3) is 0.333. The summed E-state index contributed by atoms with van der Waals surface area (Å²) in [4.78, 5) is 23.4. The Bertz CT molecular complexity index is 519. The van der Waals surface area contributed by atoms with Crippen LogP contribution < -0.4 is 5.32 Å². The second-order valence-electron chi connectivity index (χ2n) is 4.75. The average Bonchev–Trinajstić information content (AvgIpc) is 2.36. The van der Waals surface area contributed by atoms with Crippen molar-refractivity contribution >= 4 is 11.9 Å². The van der Waals surface area contributed by atoms with Crippen LogP contribution in [-0.4, -0.2) is 11.9 Å². The molecule has 1 heterocycles. The molecule has 0 radical (unpaired) electrons. The zero-order chi connectivity index (χ0) is 13.8. The lowest BCUT2D eigenvalue weighted by Gasteiger charge is -2.23. The molecule has 1 atom stereocenters. The van der Waals surface area contributed by atoms with Gasteiger partial charge in [0.25, 0.3) is 0 Å². The molecule has 0 bridgehead atoms. The molecule has 0 saturated carbocycles. The van der Waals surface area contributed by atoms with E-state index in [1.54, 1.807) is 6.92 Å². The van der Waals surface area contributed by atoms with Gasteiger partial charge in [-0.3, -0.25) is 4.79 Å². The second kappa shape index (κ2) is 5.69. The molecule has 2 rings (SSSR count). The molecule has 0 spiro atoms. The van der Waals surface area contributed by atoms with Crippen LogP contribution in [0.25, 0.3) is 0 Å². The quantitative estimate of drug-likeness (QED) is 0.846. The lowest BCUT2D eigenvalue weighted by molar-refractivity contribution is -0.141. The highest BCUT2D eigenvalue weighted by molar-refractivity contribution is 5.94. The number of nitrogens with one attached hydrogen (secondary N) is 1. The summed E-state index contributed by atoms with van der Waals surface area (Å²) in [6.45, 7) is 3.84. The summed E-state index contributed by atoms with van der Waals surface area (Å²) in [7, 11) is 0. The predicted molar refractivity (Wildman–Crippen MR) is 70.9 cm³/mol. The van der Waals surface area contributed by atoms with Gasteiger partial charge in [0.1, 0.15) is 6.61 Å². The molecule has 19 heavy (non-hydrogen) atoms. The highest BCUT2D eigenvalue weighted by Gasteiger charge is 2.28. The summed E-state index contributed by atoms with van der Waals surface area (Å²) in [5, 5.41) is 2.68. The molecule has 0 saturated heterocycles. The highest BCUT2D eigenvalue weighted by atomic mass is 16.5. The number of carbonyl (C=O) groups excluding carboxylic acids is 2. The Labute approximate surface area is 112 Å². The van der Waals surface area contributed by atoms with Crippen LogP contribution in [0, 0.1) is 5.92 Å². The number of benzene rings is 1. The molecule has 1 amide bonds. The van der Waals surface area contributed by atoms with Crippen molar-refractivity contribution in [2.45, 2.75) is 26.9 Å². The number of hydrogen-bond acceptors (Lipinski definition) is 3. The summed E-state index contributed by atoms with van der Waals surface area (Å²) in [6, 6.07) is 9.52. The molecule has 100 valence electrons. The Kier molecular flexibility index (Phi) is 4.00. The maximum atomic E-state index is 12.1. The standard InChI is InChI=1S/C15H17NO3/c1-10-8-13(17)16-11(2)14(10)15(18)19-9-12-6-4-3-5-7-12/h3-7,10H,8-9H2,1-2H3,(H,16,17). The molecular formula is C15H17NO3. The van der Waals surface area contributed by atoms with Gasteiger partial charge >= 0.3 is 5.97 Å². The number of rotatable bonds is 3. The Morgan fingerprint density at radius 3 is 2.68 bits per heavy atom. The minimum atomic E-state index is -0.353. The first-order valence-corrected chi connectivity index (χ1v) is 6.29. The van der Waals surface area contributed by atoms with E-state index in [9.17, 15) is 9.59 Å². The van der Waals surface area contributed by atoms with Gasteiger partial charge in [-0.2, -0.15) is 0 Å². The van der Waals surface area contributed by atoms with Gasteiger partial charge in [-0.25, -0.2) is 4.79 Å². The van der Waals surface area contributed by atoms with E-state index in [0.717, 1.165) is 5.56 Å². The van der Waals surface area contributed by atoms with Gasteiger partial charge in [-0.1, -0.05) is 37.3 Å². The zero-order valence-electron chi connectivity index (χ0n) is 11.1. The number of carbonyl (C=O) groups is 2. The summed E-state index contributed by atoms with van der Waals surface area (Å²) in [5.74, 6) is -0.504. The van der Waals surface area contributed by atoms with Crippen molar-refractivity contribution in [1.29, 1.82) is 0 Å². The Hall–Kier alpha value is -2.10. The van der Waals surface area contributed by atoms with E-state index in [2.05, 4.69) is 5.32 Å². The summed E-state index contributed by atoms with van der Waals surface area (Å²) < 4.78 is 5.30. The van der Waals surface area contributed by atoms with E-state index < -0.39 is 0 Å². The van der Waals surface area contributed by atoms with Crippen molar-refractivity contribution in [2.75, 3.05) is 0 Å². The first-order valence-electron chi connectivity index (χ1n) is 6.29. The topological polar surface area (TPSA) is 55.4 Å². The number of allylic oxidation sites excluding steroid dienone is 1. The molecule has 0 aliphatic carbocycles. The zero-order valence-corrected chi connectivity index (χ0v) is 11.1. The van der Waals surface area contributed by atoms with Crippen LogP contribution in [0.15, 0.2) is 41.6 Å². The SMILES string of the molecule is CC1=C(C(=O)OCc2ccccc2)C(C)CC(=O)N1. The minimum Gasteiger partial charge on any atom is -0.457 e. The van der Waals surface area contributed by atoms with Crippen LogP contribution in [0.1, 0.15) is 25.8 Å². The van der Waals surface area contributed by atoms with E-state index in [1.165, 1.54) is 0 Å². The molecule has 1 aromatic rings. The first-order chi connectivity index (χ1) is 9.08. The van der Waals surface area contributed by atoms with Gasteiger partial charge in [-0.15, -0.1) is 0 Å². The van der Waals surface area contributed by atoms with Crippen molar-refractivity contribution in [1.82, 2.24) is 5.32 Å². The largest absolute Gasteiger partial charge is 0.457 e. The maximum Gasteiger partial charge on any atom is 0.336 e. The van der Waals surface area contributed by atoms with Gasteiger partial charge in [-0.05, 0) is 18.4 Å². The fourth-order valence-electron chi connectivity index (χ4n) is 2.23. The van der Waals surface area contributed by atoms with E-state index >= 15 is 0 Å². The van der Waals surface area contributed by atoms with Crippen LogP contribution in [0.3, 0.4) is 0 Å². The molecule has 0 fully saturated rings. The Balaban J connectivity index is 2.04. The summed E-state index contributed by atoms with van der Waals surface area (Å²) in [5.41, 5.74) is 2.11. The van der Waals surface area contributed by atoms with E-state index in [1.807, 2.05) is 37.3 Å². The molecule has 1 aromatic carbocycles. The Morgan fingerprint density at radius 2 is 2.05 bits per heavy atom. The van der Waals surface area contributed by atoms with Crippen molar-refractivity contribution in [3.63, 3.8) is 0 Å². The highest BCUT2D eigenvalue weighted by Crippen LogP contribution is 2.23. The van der Waals surface area contributed by atoms with Crippen LogP contribution in [0.4, 0.5) is 0 Å². The normalized spacial score (nSPS) is 19.1. The molecule has 1 aliphatic heterocycles. The predicted octanol–water partition coefficient (Wildman–Crippen LogP) is 2.16. The maximum absolute atomic E-state index is 12.1. The van der Waals surface area contributed by atoms with Crippen molar-refractivity contribution < 1.29 is 14.3 Å². The summed E-state index contributed by atoms with van der Waals surface area (Å²) in [6.07, 6.45) is 0.326. The van der Waals surface area contributed by atoms with Crippen LogP contribution in [0.5, 0.6) is 0 Å². The van der Waals surface area contributed by atoms with Crippen molar-refractivity contribution in [3.05, 3.63) is 47.2 Å². The number of ether oxygens (including phenoxy) is 1. The molecule has 0 aromatic heterocycles. The molecule has 1 unspecified atom stereocenters. The molecular weight excluding hydrogens is 242 g/mol. The first kappa shape index (κ1) is 13.3. The van der Waals surface area contributed by atoms with Crippen molar-refractivity contribution in [2.24, 2.45) is 5.92 Å². The molecule has 4 nitrogen and oxygen atoms in total. The molecule has 4 heteroatoms. The minimum absolute atomic E-state index is 0.0513. The van der Waals surface area contributed by atoms with Gasteiger partial charge in [0.15, 0.2) is 0 Å². The second-order valence-corrected chi connectivity index (χ2v) is 4.75. The molecule has 1 N–H and O–H groups in total. The Morgan fingerprint density at radius 1 is 1.37 bits per heavy atom. The van der Waals surface area contributed by atoms with E-state index in [0.29, 0.717) is 17.7 Å². The van der Waals surface area contributed by atoms with E-state index in [4.69, 9.17) is 4.74 Å². The fourth-order valence-corrected chi connectivity index (χ4v) is 2.23. The van der Waals surface area contributed by atoms with Crippen LogP contribution >= 0.6 is 0 Å². The number of amides is 1. The summed E-state index contributed by atoms with van der Waals surface area (Å²) >= 11 is 0. The number of hydrogen-bond donors (Lipinski definition) is 1. The third kappa shape index (κ3) is 3.22. The van der Waals surface area contributed by atoms with Crippen molar-refractivity contribution in [3.8, 4) is 0 Å². The van der Waals surface area contributed by atoms with Gasteiger partial charge in [0.05, 0.1) is 5.57 Å². The van der Waals surface area contributed by atoms with Gasteiger partial charge in [0, 0.05) is 12.1 Å². The monoisotopic (exact) mass is 259 g/mol. The third-order valence-electron chi connectivity index (χ3n) is 3.15. The third-order valence-corrected chi connectivity index (χ3v) is 3.15. The van der Waals surface area contributed by atoms with E-state index in [-0.39, 0.29) is 24.4 Å². The molecule has 1 aliphatic rings. The van der Waals surface area contributed by atoms with Gasteiger partial charge in [0.2, 0.25) is 5.91 Å². The van der Waals surface area contributed by atoms with Gasteiger partial charge < -0.3 is 10.1 Å². The average molecular weight is 259 g/mol.